The molecule has 6 nitrogen and oxygen atoms in total. The van der Waals surface area contributed by atoms with Crippen molar-refractivity contribution in [3.63, 3.8) is 0 Å². The van der Waals surface area contributed by atoms with E-state index in [0.717, 1.165) is 32.4 Å². The highest BCUT2D eigenvalue weighted by Crippen LogP contribution is 2.53. The summed E-state index contributed by atoms with van der Waals surface area (Å²) in [6.07, 6.45) is 3.72. The van der Waals surface area contributed by atoms with E-state index in [1.807, 2.05) is 0 Å². The molecule has 1 aliphatic heterocycles. The molecule has 3 rings (SSSR count). The molecule has 2 fully saturated rings. The van der Waals surface area contributed by atoms with Crippen LogP contribution in [-0.4, -0.2) is 40.3 Å². The van der Waals surface area contributed by atoms with Crippen molar-refractivity contribution in [2.75, 3.05) is 20.2 Å². The van der Waals surface area contributed by atoms with Crippen LogP contribution < -0.4 is 15.5 Å². The Labute approximate surface area is 154 Å². The summed E-state index contributed by atoms with van der Waals surface area (Å²) in [5.74, 6) is -0.0856. The highest BCUT2D eigenvalue weighted by molar-refractivity contribution is 7.87. The number of carbonyl (C=O) groups excluding carboxylic acids is 1. The van der Waals surface area contributed by atoms with E-state index < -0.39 is 21.5 Å². The monoisotopic (exact) mass is 386 g/mol. The molecule has 25 heavy (non-hydrogen) atoms. The first-order valence-corrected chi connectivity index (χ1v) is 9.90. The van der Waals surface area contributed by atoms with Gasteiger partial charge in [0, 0.05) is 4.90 Å². The number of methoxy groups -OCH3 is 1. The Hall–Kier alpha value is -1.15. The van der Waals surface area contributed by atoms with Crippen LogP contribution in [-0.2, 0) is 15.6 Å². The smallest absolute Gasteiger partial charge is 0.262 e. The second-order valence-electron chi connectivity index (χ2n) is 6.93. The summed E-state index contributed by atoms with van der Waals surface area (Å²) in [5, 5.41) is 13.0. The highest BCUT2D eigenvalue weighted by atomic mass is 35.5. The number of piperidine rings is 1. The molecule has 1 saturated heterocycles. The predicted octanol–water partition coefficient (Wildman–Crippen LogP) is 2.25. The van der Waals surface area contributed by atoms with Crippen molar-refractivity contribution >= 4 is 28.3 Å². The van der Waals surface area contributed by atoms with Gasteiger partial charge in [-0.25, -0.2) is 5.48 Å². The van der Waals surface area contributed by atoms with Crippen molar-refractivity contribution < 1.29 is 18.9 Å². The lowest BCUT2D eigenvalue weighted by Crippen LogP contribution is -2.48. The molecule has 1 saturated carbocycles. The average molecular weight is 387 g/mol. The van der Waals surface area contributed by atoms with Crippen LogP contribution in [0, 0.1) is 5.41 Å². The van der Waals surface area contributed by atoms with Crippen LogP contribution in [0.4, 0.5) is 0 Å². The third-order valence-electron chi connectivity index (χ3n) is 5.59. The Kier molecular flexibility index (Phi) is 5.39. The number of benzene rings is 1. The summed E-state index contributed by atoms with van der Waals surface area (Å²) in [7, 11) is -0.118. The minimum Gasteiger partial charge on any atom is -0.495 e. The molecule has 1 heterocycles. The van der Waals surface area contributed by atoms with E-state index in [9.17, 15) is 14.2 Å². The van der Waals surface area contributed by atoms with Crippen molar-refractivity contribution in [2.24, 2.45) is 5.41 Å². The standard InChI is InChI=1S/C17H23ClN2O4S/c1-24-14-3-2-12(10-13(14)18)25(23)17(15(21)20-22)5-4-16(11-17)6-8-19-9-7-16/h2-3,10,19,22H,4-9,11H2,1H3,(H,20,21)/t17-,25?/m0/s1. The quantitative estimate of drug-likeness (QED) is 0.545. The van der Waals surface area contributed by atoms with Crippen molar-refractivity contribution in [1.82, 2.24) is 10.8 Å². The van der Waals surface area contributed by atoms with Crippen molar-refractivity contribution in [3.05, 3.63) is 23.2 Å². The number of hydroxylamine groups is 1. The second-order valence-corrected chi connectivity index (χ2v) is 9.12. The van der Waals surface area contributed by atoms with Crippen LogP contribution in [0.15, 0.2) is 23.1 Å². The molecule has 2 atom stereocenters. The zero-order valence-electron chi connectivity index (χ0n) is 14.1. The Morgan fingerprint density at radius 2 is 2.04 bits per heavy atom. The van der Waals surface area contributed by atoms with E-state index in [4.69, 9.17) is 16.3 Å². The fourth-order valence-corrected chi connectivity index (χ4v) is 6.29. The summed E-state index contributed by atoms with van der Waals surface area (Å²) >= 11 is 6.16. The summed E-state index contributed by atoms with van der Waals surface area (Å²) < 4.78 is 17.4. The molecule has 2 aliphatic rings. The number of amides is 1. The summed E-state index contributed by atoms with van der Waals surface area (Å²) in [5.41, 5.74) is 1.76. The van der Waals surface area contributed by atoms with Gasteiger partial charge in [-0.2, -0.15) is 0 Å². The van der Waals surface area contributed by atoms with Gasteiger partial charge in [0.25, 0.3) is 5.91 Å². The van der Waals surface area contributed by atoms with Gasteiger partial charge in [-0.05, 0) is 68.8 Å². The van der Waals surface area contributed by atoms with Gasteiger partial charge in [0.2, 0.25) is 0 Å². The van der Waals surface area contributed by atoms with Crippen molar-refractivity contribution in [2.45, 2.75) is 41.7 Å². The zero-order chi connectivity index (χ0) is 18.1. The number of carbonyl (C=O) groups is 1. The Morgan fingerprint density at radius 1 is 1.32 bits per heavy atom. The van der Waals surface area contributed by atoms with Gasteiger partial charge >= 0.3 is 0 Å². The maximum Gasteiger partial charge on any atom is 0.262 e. The van der Waals surface area contributed by atoms with Gasteiger partial charge in [0.1, 0.15) is 10.5 Å². The van der Waals surface area contributed by atoms with Gasteiger partial charge in [0.15, 0.2) is 0 Å². The van der Waals surface area contributed by atoms with Gasteiger partial charge in [-0.15, -0.1) is 0 Å². The average Bonchev–Trinajstić information content (AvgIpc) is 3.01. The predicted molar refractivity (Wildman–Crippen MR) is 95.5 cm³/mol. The maximum atomic E-state index is 13.4. The molecular formula is C17H23ClN2O4S. The third kappa shape index (κ3) is 3.30. The number of ether oxygens (including phenoxy) is 1. The molecule has 1 spiro atoms. The first-order chi connectivity index (χ1) is 12.0. The van der Waals surface area contributed by atoms with Crippen LogP contribution in [0.5, 0.6) is 5.75 Å². The zero-order valence-corrected chi connectivity index (χ0v) is 15.7. The first kappa shape index (κ1) is 18.6. The maximum absolute atomic E-state index is 13.4. The summed E-state index contributed by atoms with van der Waals surface area (Å²) in [6, 6.07) is 4.90. The summed E-state index contributed by atoms with van der Waals surface area (Å²) in [6.45, 7) is 1.80. The molecule has 1 aromatic carbocycles. The molecule has 0 bridgehead atoms. The third-order valence-corrected chi connectivity index (χ3v) is 7.81. The lowest BCUT2D eigenvalue weighted by Gasteiger charge is -2.36. The lowest BCUT2D eigenvalue weighted by molar-refractivity contribution is -0.132. The van der Waals surface area contributed by atoms with Crippen LogP contribution in [0.25, 0.3) is 0 Å². The SMILES string of the molecule is COc1ccc(S(=O)[C@@]2(C(=O)NO)CCC3(CCNCC3)C2)cc1Cl. The van der Waals surface area contributed by atoms with Crippen molar-refractivity contribution in [1.29, 1.82) is 0 Å². The molecule has 0 aromatic heterocycles. The molecule has 1 unspecified atom stereocenters. The molecule has 0 radical (unpaired) electrons. The molecule has 138 valence electrons. The van der Waals surface area contributed by atoms with E-state index in [-0.39, 0.29) is 5.41 Å². The highest BCUT2D eigenvalue weighted by Gasteiger charge is 2.56. The largest absolute Gasteiger partial charge is 0.495 e. The molecule has 1 aromatic rings. The second kappa shape index (κ2) is 7.23. The number of hydrogen-bond donors (Lipinski definition) is 3. The number of nitrogens with one attached hydrogen (secondary N) is 2. The molecule has 8 heteroatoms. The normalized spacial score (nSPS) is 26.4. The van der Waals surface area contributed by atoms with E-state index in [1.54, 1.807) is 23.7 Å². The van der Waals surface area contributed by atoms with Crippen LogP contribution in [0.1, 0.15) is 32.1 Å². The van der Waals surface area contributed by atoms with Crippen LogP contribution >= 0.6 is 11.6 Å². The Balaban J connectivity index is 1.95. The number of halogens is 1. The molecular weight excluding hydrogens is 364 g/mol. The fourth-order valence-electron chi connectivity index (χ4n) is 4.16. The van der Waals surface area contributed by atoms with Gasteiger partial charge in [-0.1, -0.05) is 11.6 Å². The van der Waals surface area contributed by atoms with Gasteiger partial charge in [0.05, 0.1) is 22.9 Å². The van der Waals surface area contributed by atoms with Gasteiger partial charge < -0.3 is 10.1 Å². The minimum absolute atomic E-state index is 0.00366. The van der Waals surface area contributed by atoms with Gasteiger partial charge in [-0.3, -0.25) is 14.2 Å². The van der Waals surface area contributed by atoms with Crippen molar-refractivity contribution in [3.8, 4) is 5.75 Å². The number of hydrogen-bond acceptors (Lipinski definition) is 5. The molecule has 1 amide bonds. The number of rotatable bonds is 4. The minimum atomic E-state index is -1.63. The van der Waals surface area contributed by atoms with E-state index in [0.29, 0.717) is 28.5 Å². The van der Waals surface area contributed by atoms with E-state index in [2.05, 4.69) is 5.32 Å². The molecule has 3 N–H and O–H groups in total. The van der Waals surface area contributed by atoms with Crippen LogP contribution in [0.3, 0.4) is 0 Å². The first-order valence-electron chi connectivity index (χ1n) is 8.37. The summed E-state index contributed by atoms with van der Waals surface area (Å²) in [4.78, 5) is 13.0. The van der Waals surface area contributed by atoms with E-state index >= 15 is 0 Å². The Morgan fingerprint density at radius 3 is 2.64 bits per heavy atom. The van der Waals surface area contributed by atoms with Crippen LogP contribution in [0.2, 0.25) is 5.02 Å². The Bertz CT molecular complexity index is 693. The fraction of sp³-hybridized carbons (Fsp3) is 0.588. The molecule has 1 aliphatic carbocycles. The topological polar surface area (TPSA) is 87.7 Å². The van der Waals surface area contributed by atoms with E-state index in [1.165, 1.54) is 7.11 Å². The lowest BCUT2D eigenvalue weighted by atomic mass is 9.77.